The first kappa shape index (κ1) is 9.22. The van der Waals surface area contributed by atoms with Crippen molar-refractivity contribution in [3.63, 3.8) is 0 Å². The Labute approximate surface area is 84.5 Å². The first-order valence-corrected chi connectivity index (χ1v) is 4.90. The largest absolute Gasteiger partial charge is 0.326 e. The molecule has 2 aromatic carbocycles. The average Bonchev–Trinajstić information content (AvgIpc) is 2.17. The maximum absolute atomic E-state index is 5.68. The number of benzene rings is 2. The van der Waals surface area contributed by atoms with E-state index in [0.717, 1.165) is 0 Å². The Morgan fingerprint density at radius 2 is 1.79 bits per heavy atom. The molecule has 0 fully saturated rings. The quantitative estimate of drug-likeness (QED) is 0.726. The van der Waals surface area contributed by atoms with Crippen LogP contribution in [0.1, 0.15) is 16.7 Å². The zero-order chi connectivity index (χ0) is 10.1. The molecule has 0 aliphatic carbocycles. The zero-order valence-electron chi connectivity index (χ0n) is 8.67. The van der Waals surface area contributed by atoms with E-state index in [4.69, 9.17) is 5.73 Å². The van der Waals surface area contributed by atoms with Crippen LogP contribution >= 0.6 is 0 Å². The Bertz CT molecular complexity index is 472. The standard InChI is InChI=1S/C13H15N/c1-9-3-4-11-6-10(2)13(8-14)7-12(11)5-9/h3-7H,8,14H2,1-2H3. The highest BCUT2D eigenvalue weighted by Gasteiger charge is 1.99. The van der Waals surface area contributed by atoms with Crippen LogP contribution in [0.4, 0.5) is 0 Å². The van der Waals surface area contributed by atoms with Crippen LogP contribution in [-0.2, 0) is 6.54 Å². The zero-order valence-corrected chi connectivity index (χ0v) is 8.67. The van der Waals surface area contributed by atoms with Gasteiger partial charge in [-0.2, -0.15) is 0 Å². The summed E-state index contributed by atoms with van der Waals surface area (Å²) in [5, 5.41) is 2.58. The lowest BCUT2D eigenvalue weighted by Crippen LogP contribution is -1.98. The van der Waals surface area contributed by atoms with Gasteiger partial charge in [0.25, 0.3) is 0 Å². The van der Waals surface area contributed by atoms with Crippen LogP contribution in [0.25, 0.3) is 10.8 Å². The topological polar surface area (TPSA) is 26.0 Å². The molecule has 0 aliphatic heterocycles. The molecule has 2 rings (SSSR count). The summed E-state index contributed by atoms with van der Waals surface area (Å²) in [5.41, 5.74) is 9.50. The van der Waals surface area contributed by atoms with Gasteiger partial charge < -0.3 is 5.73 Å². The molecule has 0 saturated heterocycles. The number of aryl methyl sites for hydroxylation is 2. The summed E-state index contributed by atoms with van der Waals surface area (Å²) in [6.07, 6.45) is 0. The van der Waals surface area contributed by atoms with Crippen molar-refractivity contribution in [2.24, 2.45) is 5.73 Å². The molecule has 14 heavy (non-hydrogen) atoms. The van der Waals surface area contributed by atoms with Crippen molar-refractivity contribution in [3.8, 4) is 0 Å². The molecule has 0 saturated carbocycles. The van der Waals surface area contributed by atoms with Gasteiger partial charge in [0.15, 0.2) is 0 Å². The predicted molar refractivity (Wildman–Crippen MR) is 61.3 cm³/mol. The highest BCUT2D eigenvalue weighted by molar-refractivity contribution is 5.84. The van der Waals surface area contributed by atoms with Crippen molar-refractivity contribution >= 4 is 10.8 Å². The summed E-state index contributed by atoms with van der Waals surface area (Å²) in [6.45, 7) is 4.85. The lowest BCUT2D eigenvalue weighted by Gasteiger charge is -2.06. The number of nitrogens with two attached hydrogens (primary N) is 1. The lowest BCUT2D eigenvalue weighted by molar-refractivity contribution is 1.05. The number of hydrogen-bond donors (Lipinski definition) is 1. The Balaban J connectivity index is 2.73. The van der Waals surface area contributed by atoms with Crippen LogP contribution in [-0.4, -0.2) is 0 Å². The van der Waals surface area contributed by atoms with E-state index >= 15 is 0 Å². The molecule has 0 aliphatic rings. The molecule has 0 unspecified atom stereocenters. The van der Waals surface area contributed by atoms with Gasteiger partial charge in [0.1, 0.15) is 0 Å². The van der Waals surface area contributed by atoms with Crippen LogP contribution in [0.2, 0.25) is 0 Å². The fraction of sp³-hybridized carbons (Fsp3) is 0.231. The predicted octanol–water partition coefficient (Wildman–Crippen LogP) is 2.92. The van der Waals surface area contributed by atoms with E-state index < -0.39 is 0 Å². The van der Waals surface area contributed by atoms with E-state index in [0.29, 0.717) is 6.54 Å². The third-order valence-corrected chi connectivity index (χ3v) is 2.67. The minimum Gasteiger partial charge on any atom is -0.326 e. The molecule has 0 heterocycles. The lowest BCUT2D eigenvalue weighted by atomic mass is 10.0. The van der Waals surface area contributed by atoms with Gasteiger partial charge in [-0.05, 0) is 41.8 Å². The van der Waals surface area contributed by atoms with E-state index in [9.17, 15) is 0 Å². The van der Waals surface area contributed by atoms with Crippen LogP contribution in [0.15, 0.2) is 30.3 Å². The number of fused-ring (bicyclic) bond motifs is 1. The molecular formula is C13H15N. The Morgan fingerprint density at radius 3 is 2.50 bits per heavy atom. The summed E-state index contributed by atoms with van der Waals surface area (Å²) in [7, 11) is 0. The second-order valence-electron chi connectivity index (χ2n) is 3.83. The maximum Gasteiger partial charge on any atom is 0.0180 e. The van der Waals surface area contributed by atoms with E-state index in [-0.39, 0.29) is 0 Å². The average molecular weight is 185 g/mol. The van der Waals surface area contributed by atoms with Crippen molar-refractivity contribution in [2.45, 2.75) is 20.4 Å². The fourth-order valence-electron chi connectivity index (χ4n) is 1.80. The number of hydrogen-bond acceptors (Lipinski definition) is 1. The minimum atomic E-state index is 0.621. The molecule has 72 valence electrons. The maximum atomic E-state index is 5.68. The monoisotopic (exact) mass is 185 g/mol. The number of rotatable bonds is 1. The summed E-state index contributed by atoms with van der Waals surface area (Å²) in [5.74, 6) is 0. The molecule has 0 spiro atoms. The minimum absolute atomic E-state index is 0.621. The summed E-state index contributed by atoms with van der Waals surface area (Å²) >= 11 is 0. The van der Waals surface area contributed by atoms with Gasteiger partial charge in [-0.1, -0.05) is 29.8 Å². The second kappa shape index (κ2) is 3.43. The van der Waals surface area contributed by atoms with Crippen LogP contribution in [0.5, 0.6) is 0 Å². The third kappa shape index (κ3) is 1.51. The summed E-state index contributed by atoms with van der Waals surface area (Å²) in [6, 6.07) is 10.9. The van der Waals surface area contributed by atoms with E-state index in [1.54, 1.807) is 0 Å². The fourth-order valence-corrected chi connectivity index (χ4v) is 1.80. The third-order valence-electron chi connectivity index (χ3n) is 2.67. The molecule has 0 amide bonds. The van der Waals surface area contributed by atoms with Crippen molar-refractivity contribution in [2.75, 3.05) is 0 Å². The SMILES string of the molecule is Cc1ccc2cc(C)c(CN)cc2c1. The van der Waals surface area contributed by atoms with E-state index in [2.05, 4.69) is 44.2 Å². The first-order chi connectivity index (χ1) is 6.70. The molecule has 1 heteroatoms. The summed E-state index contributed by atoms with van der Waals surface area (Å²) in [4.78, 5) is 0. The van der Waals surface area contributed by atoms with Gasteiger partial charge in [-0.25, -0.2) is 0 Å². The Kier molecular flexibility index (Phi) is 2.26. The molecule has 2 N–H and O–H groups in total. The second-order valence-corrected chi connectivity index (χ2v) is 3.83. The van der Waals surface area contributed by atoms with Gasteiger partial charge in [0, 0.05) is 6.54 Å². The normalized spacial score (nSPS) is 10.8. The first-order valence-electron chi connectivity index (χ1n) is 4.90. The van der Waals surface area contributed by atoms with Gasteiger partial charge in [-0.3, -0.25) is 0 Å². The Morgan fingerprint density at radius 1 is 1.00 bits per heavy atom. The molecule has 2 aromatic rings. The molecule has 1 nitrogen and oxygen atoms in total. The van der Waals surface area contributed by atoms with Gasteiger partial charge in [0.2, 0.25) is 0 Å². The van der Waals surface area contributed by atoms with E-state index in [1.807, 2.05) is 0 Å². The smallest absolute Gasteiger partial charge is 0.0180 e. The molecule has 0 aromatic heterocycles. The van der Waals surface area contributed by atoms with Gasteiger partial charge in [0.05, 0.1) is 0 Å². The summed E-state index contributed by atoms with van der Waals surface area (Å²) < 4.78 is 0. The molecule has 0 bridgehead atoms. The van der Waals surface area contributed by atoms with Crippen molar-refractivity contribution < 1.29 is 0 Å². The molecule has 0 radical (unpaired) electrons. The van der Waals surface area contributed by atoms with Crippen LogP contribution in [0.3, 0.4) is 0 Å². The van der Waals surface area contributed by atoms with Crippen molar-refractivity contribution in [1.82, 2.24) is 0 Å². The Hall–Kier alpha value is -1.34. The highest BCUT2D eigenvalue weighted by Crippen LogP contribution is 2.20. The van der Waals surface area contributed by atoms with Crippen LogP contribution in [0, 0.1) is 13.8 Å². The molecule has 0 atom stereocenters. The van der Waals surface area contributed by atoms with E-state index in [1.165, 1.54) is 27.5 Å². The highest BCUT2D eigenvalue weighted by atomic mass is 14.5. The van der Waals surface area contributed by atoms with Gasteiger partial charge in [-0.15, -0.1) is 0 Å². The van der Waals surface area contributed by atoms with Crippen molar-refractivity contribution in [3.05, 3.63) is 47.0 Å². The van der Waals surface area contributed by atoms with Gasteiger partial charge >= 0.3 is 0 Å². The van der Waals surface area contributed by atoms with Crippen LogP contribution < -0.4 is 5.73 Å². The molecular weight excluding hydrogens is 170 g/mol. The van der Waals surface area contributed by atoms with Crippen molar-refractivity contribution in [1.29, 1.82) is 0 Å².